The maximum atomic E-state index is 12.3. The molecule has 2 rings (SSSR count). The maximum absolute atomic E-state index is 12.3. The zero-order valence-corrected chi connectivity index (χ0v) is 12.7. The molecule has 1 fully saturated rings. The van der Waals surface area contributed by atoms with Crippen LogP contribution in [-0.2, 0) is 20.8 Å². The third-order valence-corrected chi connectivity index (χ3v) is 3.54. The highest BCUT2D eigenvalue weighted by Gasteiger charge is 2.33. The summed E-state index contributed by atoms with van der Waals surface area (Å²) in [5, 5.41) is 3.15. The van der Waals surface area contributed by atoms with Crippen molar-refractivity contribution in [2.24, 2.45) is 0 Å². The van der Waals surface area contributed by atoms with Gasteiger partial charge in [-0.3, -0.25) is 9.78 Å². The van der Waals surface area contributed by atoms with E-state index in [4.69, 9.17) is 9.47 Å². The van der Waals surface area contributed by atoms with Crippen LogP contribution in [0.15, 0.2) is 24.4 Å². The fraction of sp³-hybridized carbons (Fsp3) is 0.600. The van der Waals surface area contributed by atoms with Gasteiger partial charge in [-0.05, 0) is 19.1 Å². The van der Waals surface area contributed by atoms with Gasteiger partial charge in [0.15, 0.2) is 0 Å². The van der Waals surface area contributed by atoms with Crippen LogP contribution in [0.4, 0.5) is 0 Å². The molecular formula is C15H23N3O3. The molecule has 0 radical (unpaired) electrons. The van der Waals surface area contributed by atoms with Crippen molar-refractivity contribution in [2.75, 3.05) is 40.0 Å². The van der Waals surface area contributed by atoms with Crippen molar-refractivity contribution in [1.82, 2.24) is 15.2 Å². The second-order valence-electron chi connectivity index (χ2n) is 5.47. The Morgan fingerprint density at radius 3 is 2.86 bits per heavy atom. The van der Waals surface area contributed by atoms with Crippen molar-refractivity contribution in [3.63, 3.8) is 0 Å². The van der Waals surface area contributed by atoms with Gasteiger partial charge in [-0.25, -0.2) is 0 Å². The molecule has 1 aliphatic rings. The van der Waals surface area contributed by atoms with Crippen molar-refractivity contribution in [2.45, 2.75) is 19.1 Å². The molecule has 0 bridgehead atoms. The second kappa shape index (κ2) is 7.49. The number of nitrogens with one attached hydrogen (secondary N) is 1. The number of hydrogen-bond acceptors (Lipinski definition) is 5. The number of ether oxygens (including phenoxy) is 2. The van der Waals surface area contributed by atoms with Gasteiger partial charge in [-0.2, -0.15) is 0 Å². The van der Waals surface area contributed by atoms with E-state index in [0.717, 1.165) is 18.8 Å². The molecule has 116 valence electrons. The van der Waals surface area contributed by atoms with Crippen LogP contribution >= 0.6 is 0 Å². The number of carbonyl (C=O) groups is 1. The Hall–Kier alpha value is -1.50. The Balaban J connectivity index is 1.89. The van der Waals surface area contributed by atoms with Gasteiger partial charge in [0, 0.05) is 32.9 Å². The lowest BCUT2D eigenvalue weighted by Gasteiger charge is -2.39. The van der Waals surface area contributed by atoms with E-state index >= 15 is 0 Å². The fourth-order valence-electron chi connectivity index (χ4n) is 2.09. The summed E-state index contributed by atoms with van der Waals surface area (Å²) in [5.41, 5.74) is 0.645. The summed E-state index contributed by atoms with van der Waals surface area (Å²) >= 11 is 0. The maximum Gasteiger partial charge on any atom is 0.249 e. The smallest absolute Gasteiger partial charge is 0.249 e. The van der Waals surface area contributed by atoms with E-state index in [-0.39, 0.29) is 18.1 Å². The lowest BCUT2D eigenvalue weighted by Crippen LogP contribution is -2.59. The molecule has 1 aromatic rings. The zero-order chi connectivity index (χ0) is 15.1. The molecule has 1 amide bonds. The van der Waals surface area contributed by atoms with Gasteiger partial charge >= 0.3 is 0 Å². The van der Waals surface area contributed by atoms with Crippen molar-refractivity contribution in [3.05, 3.63) is 30.1 Å². The molecule has 21 heavy (non-hydrogen) atoms. The molecule has 1 saturated heterocycles. The first-order valence-corrected chi connectivity index (χ1v) is 7.14. The first-order valence-electron chi connectivity index (χ1n) is 7.14. The first-order chi connectivity index (χ1) is 10.1. The highest BCUT2D eigenvalue weighted by atomic mass is 16.5. The number of nitrogens with zero attached hydrogens (tertiary/aromatic N) is 2. The summed E-state index contributed by atoms with van der Waals surface area (Å²) < 4.78 is 10.8. The van der Waals surface area contributed by atoms with Gasteiger partial charge in [0.25, 0.3) is 0 Å². The molecule has 1 N–H and O–H groups in total. The highest BCUT2D eigenvalue weighted by Crippen LogP contribution is 2.15. The third kappa shape index (κ3) is 4.77. The van der Waals surface area contributed by atoms with Crippen molar-refractivity contribution >= 4 is 5.91 Å². The van der Waals surface area contributed by atoms with E-state index in [9.17, 15) is 4.79 Å². The summed E-state index contributed by atoms with van der Waals surface area (Å²) in [5.74, 6) is -0.0363. The topological polar surface area (TPSA) is 63.7 Å². The average Bonchev–Trinajstić information content (AvgIpc) is 2.48. The number of methoxy groups -OCH3 is 1. The normalized spacial score (nSPS) is 16.3. The lowest BCUT2D eigenvalue weighted by atomic mass is 10.0. The predicted octanol–water partition coefficient (Wildman–Crippen LogP) is 0.435. The number of rotatable bonds is 8. The molecule has 2 heterocycles. The number of hydrogen-bond donors (Lipinski definition) is 1. The van der Waals surface area contributed by atoms with Crippen molar-refractivity contribution in [3.8, 4) is 0 Å². The highest BCUT2D eigenvalue weighted by molar-refractivity contribution is 5.77. The second-order valence-corrected chi connectivity index (χ2v) is 5.47. The minimum absolute atomic E-state index is 0.0363. The molecule has 6 nitrogen and oxygen atoms in total. The van der Waals surface area contributed by atoms with Gasteiger partial charge in [-0.15, -0.1) is 0 Å². The van der Waals surface area contributed by atoms with Gasteiger partial charge in [0.1, 0.15) is 6.61 Å². The van der Waals surface area contributed by atoms with E-state index < -0.39 is 0 Å². The molecule has 0 aliphatic carbocycles. The standard InChI is InChI=1S/C15H23N3O3/c1-15(11-16-12-15)21-10-14(19)18(7-8-20-2)9-13-5-3-4-6-17-13/h3-6,16H,7-12H2,1-2H3. The molecule has 0 saturated carbocycles. The van der Waals surface area contributed by atoms with Crippen LogP contribution < -0.4 is 5.32 Å². The van der Waals surface area contributed by atoms with Crippen LogP contribution in [0.25, 0.3) is 0 Å². The Labute approximate surface area is 125 Å². The van der Waals surface area contributed by atoms with E-state index in [0.29, 0.717) is 19.7 Å². The number of pyridine rings is 1. The van der Waals surface area contributed by atoms with Gasteiger partial charge in [-0.1, -0.05) is 6.07 Å². The summed E-state index contributed by atoms with van der Waals surface area (Å²) in [6.45, 7) is 5.18. The minimum atomic E-state index is -0.215. The molecule has 0 atom stereocenters. The Kier molecular flexibility index (Phi) is 5.67. The molecule has 1 aromatic heterocycles. The summed E-state index contributed by atoms with van der Waals surface area (Å²) in [6, 6.07) is 5.68. The van der Waals surface area contributed by atoms with Crippen LogP contribution in [-0.4, -0.2) is 61.3 Å². The third-order valence-electron chi connectivity index (χ3n) is 3.54. The van der Waals surface area contributed by atoms with E-state index in [1.165, 1.54) is 0 Å². The molecule has 0 aromatic carbocycles. The van der Waals surface area contributed by atoms with Crippen molar-refractivity contribution < 1.29 is 14.3 Å². The van der Waals surface area contributed by atoms with E-state index in [2.05, 4.69) is 10.3 Å². The molecular weight excluding hydrogens is 270 g/mol. The molecule has 0 unspecified atom stereocenters. The van der Waals surface area contributed by atoms with E-state index in [1.54, 1.807) is 18.2 Å². The van der Waals surface area contributed by atoms with Crippen LogP contribution in [0.3, 0.4) is 0 Å². The Morgan fingerprint density at radius 1 is 1.48 bits per heavy atom. The lowest BCUT2D eigenvalue weighted by molar-refractivity contribution is -0.147. The van der Waals surface area contributed by atoms with Crippen LogP contribution in [0.2, 0.25) is 0 Å². The quantitative estimate of drug-likeness (QED) is 0.753. The number of carbonyl (C=O) groups excluding carboxylic acids is 1. The number of amides is 1. The largest absolute Gasteiger partial charge is 0.383 e. The SMILES string of the molecule is COCCN(Cc1ccccn1)C(=O)COC1(C)CNC1. The predicted molar refractivity (Wildman–Crippen MR) is 78.8 cm³/mol. The Bertz CT molecular complexity index is 449. The van der Waals surface area contributed by atoms with E-state index in [1.807, 2.05) is 25.1 Å². The molecule has 1 aliphatic heterocycles. The van der Waals surface area contributed by atoms with Gasteiger partial charge in [0.05, 0.1) is 24.4 Å². The summed E-state index contributed by atoms with van der Waals surface area (Å²) in [7, 11) is 1.63. The fourth-order valence-corrected chi connectivity index (χ4v) is 2.09. The van der Waals surface area contributed by atoms with Gasteiger partial charge in [0.2, 0.25) is 5.91 Å². The van der Waals surface area contributed by atoms with Crippen LogP contribution in [0, 0.1) is 0 Å². The Morgan fingerprint density at radius 2 is 2.29 bits per heavy atom. The zero-order valence-electron chi connectivity index (χ0n) is 12.7. The minimum Gasteiger partial charge on any atom is -0.383 e. The van der Waals surface area contributed by atoms with Crippen LogP contribution in [0.1, 0.15) is 12.6 Å². The van der Waals surface area contributed by atoms with Crippen LogP contribution in [0.5, 0.6) is 0 Å². The first kappa shape index (κ1) is 15.9. The average molecular weight is 293 g/mol. The van der Waals surface area contributed by atoms with Crippen molar-refractivity contribution in [1.29, 1.82) is 0 Å². The molecule has 6 heteroatoms. The van der Waals surface area contributed by atoms with Gasteiger partial charge < -0.3 is 19.7 Å². The molecule has 0 spiro atoms. The number of aromatic nitrogens is 1. The summed E-state index contributed by atoms with van der Waals surface area (Å²) in [6.07, 6.45) is 1.73. The monoisotopic (exact) mass is 293 g/mol. The summed E-state index contributed by atoms with van der Waals surface area (Å²) in [4.78, 5) is 18.3.